The number of aliphatic hydroxyl groups excluding tert-OH is 1. The van der Waals surface area contributed by atoms with Gasteiger partial charge in [0.2, 0.25) is 10.9 Å². The van der Waals surface area contributed by atoms with Crippen LogP contribution < -0.4 is 9.64 Å². The first-order chi connectivity index (χ1) is 16.3. The zero-order valence-electron chi connectivity index (χ0n) is 17.7. The zero-order valence-corrected chi connectivity index (χ0v) is 20.0. The first-order valence-corrected chi connectivity index (χ1v) is 11.5. The molecule has 2 aromatic heterocycles. The average Bonchev–Trinajstić information content (AvgIpc) is 3.51. The van der Waals surface area contributed by atoms with Crippen LogP contribution in [-0.4, -0.2) is 34.1 Å². The summed E-state index contributed by atoms with van der Waals surface area (Å²) in [7, 11) is 1.49. The molecule has 11 heteroatoms. The van der Waals surface area contributed by atoms with Crippen LogP contribution in [0.3, 0.4) is 0 Å². The zero-order chi connectivity index (χ0) is 24.1. The van der Waals surface area contributed by atoms with Crippen molar-refractivity contribution in [3.8, 4) is 5.75 Å². The van der Waals surface area contributed by atoms with Crippen molar-refractivity contribution in [1.29, 1.82) is 0 Å². The lowest BCUT2D eigenvalue weighted by Crippen LogP contribution is -2.31. The van der Waals surface area contributed by atoms with Gasteiger partial charge in [-0.2, -0.15) is 0 Å². The van der Waals surface area contributed by atoms with Crippen molar-refractivity contribution in [3.05, 3.63) is 80.2 Å². The Bertz CT molecular complexity index is 1510. The van der Waals surface area contributed by atoms with Crippen molar-refractivity contribution in [2.45, 2.75) is 13.0 Å². The minimum atomic E-state index is -1.03. The Balaban J connectivity index is 1.67. The van der Waals surface area contributed by atoms with E-state index in [1.54, 1.807) is 37.3 Å². The van der Waals surface area contributed by atoms with E-state index in [0.717, 1.165) is 11.3 Å². The number of ether oxygens (including phenoxy) is 1. The Labute approximate surface area is 207 Å². The van der Waals surface area contributed by atoms with E-state index in [1.807, 2.05) is 0 Å². The molecule has 172 valence electrons. The van der Waals surface area contributed by atoms with E-state index in [2.05, 4.69) is 10.2 Å². The average molecular weight is 516 g/mol. The molecular formula is C23H15Cl2N3O5S. The number of rotatable bonds is 5. The quantitative estimate of drug-likeness (QED) is 0.340. The molecule has 0 saturated heterocycles. The number of Topliss-reactive ketones (excluding diaryl/α,β-unsaturated/α-hetero) is 1. The number of amides is 1. The number of methoxy groups -OCH3 is 1. The summed E-state index contributed by atoms with van der Waals surface area (Å²) in [5.41, 5.74) is 0.659. The number of hydrogen-bond donors (Lipinski definition) is 1. The maximum absolute atomic E-state index is 13.7. The molecule has 8 nitrogen and oxygen atoms in total. The van der Waals surface area contributed by atoms with Gasteiger partial charge in [0.05, 0.1) is 28.8 Å². The summed E-state index contributed by atoms with van der Waals surface area (Å²) in [5, 5.41) is 20.9. The normalized spacial score (nSPS) is 16.1. The van der Waals surface area contributed by atoms with Gasteiger partial charge >= 0.3 is 0 Å². The van der Waals surface area contributed by atoms with Crippen molar-refractivity contribution in [2.75, 3.05) is 12.0 Å². The molecule has 1 atom stereocenters. The van der Waals surface area contributed by atoms with Crippen molar-refractivity contribution in [3.63, 3.8) is 0 Å². The van der Waals surface area contributed by atoms with E-state index in [0.29, 0.717) is 32.3 Å². The number of benzene rings is 2. The molecule has 0 saturated carbocycles. The van der Waals surface area contributed by atoms with Gasteiger partial charge in [-0.15, -0.1) is 10.2 Å². The minimum Gasteiger partial charge on any atom is -0.503 e. The van der Waals surface area contributed by atoms with Crippen molar-refractivity contribution in [1.82, 2.24) is 10.2 Å². The summed E-state index contributed by atoms with van der Waals surface area (Å²) < 4.78 is 11.1. The number of nitrogens with zero attached hydrogens (tertiary/aromatic N) is 3. The predicted molar refractivity (Wildman–Crippen MR) is 128 cm³/mol. The summed E-state index contributed by atoms with van der Waals surface area (Å²) in [6.45, 7) is 1.73. The van der Waals surface area contributed by atoms with Crippen LogP contribution >= 0.6 is 34.5 Å². The SMILES string of the molecule is COc1cccc2cc(C(=O)C3=C(O)C(=O)N(c4nnc(C)s4)C3c3ccc(Cl)c(Cl)c3)oc12. The van der Waals surface area contributed by atoms with E-state index in [1.165, 1.54) is 24.1 Å². The third-order valence-corrected chi connectivity index (χ3v) is 6.96. The van der Waals surface area contributed by atoms with Crippen LogP contribution in [0.5, 0.6) is 5.75 Å². The van der Waals surface area contributed by atoms with Gasteiger partial charge in [-0.1, -0.05) is 52.7 Å². The molecular weight excluding hydrogens is 501 g/mol. The number of carbonyl (C=O) groups excluding carboxylic acids is 2. The highest BCUT2D eigenvalue weighted by atomic mass is 35.5. The molecule has 0 bridgehead atoms. The third-order valence-electron chi connectivity index (χ3n) is 5.39. The van der Waals surface area contributed by atoms with E-state index in [4.69, 9.17) is 32.4 Å². The van der Waals surface area contributed by atoms with Crippen LogP contribution in [0.4, 0.5) is 5.13 Å². The number of para-hydroxylation sites is 1. The van der Waals surface area contributed by atoms with Gasteiger partial charge in [0, 0.05) is 5.39 Å². The fourth-order valence-electron chi connectivity index (χ4n) is 3.86. The summed E-state index contributed by atoms with van der Waals surface area (Å²) >= 11 is 13.5. The molecule has 5 rings (SSSR count). The second kappa shape index (κ2) is 8.43. The fourth-order valence-corrected chi connectivity index (χ4v) is 4.88. The van der Waals surface area contributed by atoms with E-state index >= 15 is 0 Å². The molecule has 0 radical (unpaired) electrons. The molecule has 1 aliphatic heterocycles. The molecule has 34 heavy (non-hydrogen) atoms. The van der Waals surface area contributed by atoms with Gasteiger partial charge in [-0.25, -0.2) is 0 Å². The van der Waals surface area contributed by atoms with E-state index in [9.17, 15) is 14.7 Å². The summed E-state index contributed by atoms with van der Waals surface area (Å²) in [5.74, 6) is -1.77. The number of fused-ring (bicyclic) bond motifs is 1. The van der Waals surface area contributed by atoms with Crippen LogP contribution in [-0.2, 0) is 4.79 Å². The monoisotopic (exact) mass is 515 g/mol. The number of hydrogen-bond acceptors (Lipinski definition) is 8. The highest BCUT2D eigenvalue weighted by Crippen LogP contribution is 2.44. The van der Waals surface area contributed by atoms with Crippen molar-refractivity contribution >= 4 is 62.3 Å². The van der Waals surface area contributed by atoms with Gasteiger partial charge in [-0.05, 0) is 36.8 Å². The Morgan fingerprint density at radius 1 is 1.18 bits per heavy atom. The van der Waals surface area contributed by atoms with Crippen LogP contribution in [0.25, 0.3) is 11.0 Å². The number of carbonyl (C=O) groups is 2. The van der Waals surface area contributed by atoms with Gasteiger partial charge < -0.3 is 14.3 Å². The predicted octanol–water partition coefficient (Wildman–Crippen LogP) is 5.69. The molecule has 0 fully saturated rings. The molecule has 1 aliphatic rings. The summed E-state index contributed by atoms with van der Waals surface area (Å²) in [6.07, 6.45) is 0. The number of aromatic nitrogens is 2. The third kappa shape index (κ3) is 3.53. The molecule has 1 unspecified atom stereocenters. The lowest BCUT2D eigenvalue weighted by atomic mass is 9.95. The Kier molecular flexibility index (Phi) is 5.55. The minimum absolute atomic E-state index is 0.0609. The number of anilines is 1. The first kappa shape index (κ1) is 22.4. The smallest absolute Gasteiger partial charge is 0.296 e. The summed E-state index contributed by atoms with van der Waals surface area (Å²) in [4.78, 5) is 28.0. The Hall–Kier alpha value is -3.40. The van der Waals surface area contributed by atoms with Gasteiger partial charge in [0.1, 0.15) is 5.01 Å². The molecule has 4 aromatic rings. The number of furan rings is 1. The first-order valence-electron chi connectivity index (χ1n) is 9.93. The largest absolute Gasteiger partial charge is 0.503 e. The molecule has 1 N–H and O–H groups in total. The second-order valence-electron chi connectivity index (χ2n) is 7.44. The number of halogens is 2. The fraction of sp³-hybridized carbons (Fsp3) is 0.130. The Morgan fingerprint density at radius 3 is 2.65 bits per heavy atom. The molecule has 0 spiro atoms. The van der Waals surface area contributed by atoms with Gasteiger partial charge in [-0.3, -0.25) is 14.5 Å². The number of aliphatic hydroxyl groups is 1. The van der Waals surface area contributed by atoms with Crippen LogP contribution in [0.15, 0.2) is 58.2 Å². The van der Waals surface area contributed by atoms with Crippen LogP contribution in [0.2, 0.25) is 10.0 Å². The molecule has 1 amide bonds. The van der Waals surface area contributed by atoms with Gasteiger partial charge in [0.15, 0.2) is 22.9 Å². The number of ketones is 1. The topological polar surface area (TPSA) is 106 Å². The molecule has 3 heterocycles. The standard InChI is InChI=1S/C23H15Cl2N3O5S/c1-10-26-27-23(34-10)28-18(11-6-7-13(24)14(25)8-11)17(20(30)22(28)31)19(29)16-9-12-4-3-5-15(32-2)21(12)33-16/h3-9,18,30H,1-2H3. The molecule has 0 aliphatic carbocycles. The van der Waals surface area contributed by atoms with E-state index in [-0.39, 0.29) is 21.5 Å². The van der Waals surface area contributed by atoms with E-state index < -0.39 is 23.5 Å². The summed E-state index contributed by atoms with van der Waals surface area (Å²) in [6, 6.07) is 10.4. The number of aryl methyl sites for hydroxylation is 1. The maximum atomic E-state index is 13.7. The molecule has 2 aromatic carbocycles. The highest BCUT2D eigenvalue weighted by molar-refractivity contribution is 7.15. The highest BCUT2D eigenvalue weighted by Gasteiger charge is 2.46. The second-order valence-corrected chi connectivity index (χ2v) is 9.41. The van der Waals surface area contributed by atoms with Crippen molar-refractivity contribution < 1.29 is 23.8 Å². The van der Waals surface area contributed by atoms with Gasteiger partial charge in [0.25, 0.3) is 5.91 Å². The lowest BCUT2D eigenvalue weighted by molar-refractivity contribution is -0.117. The lowest BCUT2D eigenvalue weighted by Gasteiger charge is -2.24. The van der Waals surface area contributed by atoms with Crippen LogP contribution in [0.1, 0.15) is 27.2 Å². The van der Waals surface area contributed by atoms with Crippen LogP contribution in [0, 0.1) is 6.92 Å². The van der Waals surface area contributed by atoms with Crippen molar-refractivity contribution in [2.24, 2.45) is 0 Å². The Morgan fingerprint density at radius 2 is 1.97 bits per heavy atom. The maximum Gasteiger partial charge on any atom is 0.296 e.